The van der Waals surface area contributed by atoms with Crippen LogP contribution in [0, 0.1) is 5.92 Å². The van der Waals surface area contributed by atoms with Gasteiger partial charge in [-0.05, 0) is 59.6 Å². The number of carbonyl (C=O) groups is 1. The van der Waals surface area contributed by atoms with E-state index >= 15 is 0 Å². The second-order valence-corrected chi connectivity index (χ2v) is 9.04. The van der Waals surface area contributed by atoms with Crippen LogP contribution in [0.4, 0.5) is 18.9 Å². The van der Waals surface area contributed by atoms with Crippen LogP contribution < -0.4 is 5.32 Å². The van der Waals surface area contributed by atoms with Gasteiger partial charge in [0, 0.05) is 24.7 Å². The number of hydrogen-bond acceptors (Lipinski definition) is 6. The van der Waals surface area contributed by atoms with Crippen molar-refractivity contribution >= 4 is 32.7 Å². The Bertz CT molecular complexity index is 1200. The van der Waals surface area contributed by atoms with Crippen LogP contribution in [0.3, 0.4) is 0 Å². The average Bonchev–Trinajstić information content (AvgIpc) is 3.22. The number of anilines is 1. The summed E-state index contributed by atoms with van der Waals surface area (Å²) in [5, 5.41) is 9.90. The molecular weight excluding hydrogens is 437 g/mol. The molecule has 0 unspecified atom stereocenters. The van der Waals surface area contributed by atoms with Crippen LogP contribution in [0.1, 0.15) is 18.4 Å². The highest BCUT2D eigenvalue weighted by atomic mass is 32.2. The summed E-state index contributed by atoms with van der Waals surface area (Å²) in [6.07, 6.45) is -3.90. The molecule has 1 N–H and O–H groups in total. The zero-order valence-electron chi connectivity index (χ0n) is 16.0. The van der Waals surface area contributed by atoms with E-state index in [9.17, 15) is 26.4 Å². The van der Waals surface area contributed by atoms with Crippen molar-refractivity contribution < 1.29 is 31.0 Å². The fourth-order valence-corrected chi connectivity index (χ4v) is 5.08. The molecular formula is C19H17F3N4O4S. The maximum Gasteiger partial charge on any atom is 0.416 e. The number of sulfonamides is 1. The Hall–Kier alpha value is -2.99. The Morgan fingerprint density at radius 3 is 2.39 bits per heavy atom. The SMILES string of the molecule is O=C(Nc1ccc(C(F)(F)F)cc1)C1CCN(S(=O)(=O)c2cccc3nonc23)CC1. The number of aromatic nitrogens is 2. The summed E-state index contributed by atoms with van der Waals surface area (Å²) >= 11 is 0. The van der Waals surface area contributed by atoms with Crippen molar-refractivity contribution in [3.8, 4) is 0 Å². The molecule has 12 heteroatoms. The van der Waals surface area contributed by atoms with Crippen molar-refractivity contribution in [1.29, 1.82) is 0 Å². The van der Waals surface area contributed by atoms with E-state index in [2.05, 4.69) is 20.3 Å². The third kappa shape index (κ3) is 4.26. The minimum Gasteiger partial charge on any atom is -0.326 e. The first kappa shape index (κ1) is 21.2. The van der Waals surface area contributed by atoms with Gasteiger partial charge in [-0.2, -0.15) is 17.5 Å². The number of amides is 1. The lowest BCUT2D eigenvalue weighted by Gasteiger charge is -2.30. The van der Waals surface area contributed by atoms with E-state index in [0.717, 1.165) is 12.1 Å². The molecule has 1 aliphatic rings. The zero-order valence-corrected chi connectivity index (χ0v) is 16.8. The van der Waals surface area contributed by atoms with Crippen molar-refractivity contribution in [2.75, 3.05) is 18.4 Å². The quantitative estimate of drug-likeness (QED) is 0.649. The summed E-state index contributed by atoms with van der Waals surface area (Å²) in [7, 11) is -3.85. The second kappa shape index (κ2) is 7.93. The number of benzene rings is 2. The number of nitrogens with zero attached hydrogens (tertiary/aromatic N) is 3. The number of alkyl halides is 3. The van der Waals surface area contributed by atoms with Crippen LogP contribution in [-0.2, 0) is 21.0 Å². The molecule has 4 rings (SSSR count). The zero-order chi connectivity index (χ0) is 22.2. The first-order valence-corrected chi connectivity index (χ1v) is 10.8. The van der Waals surface area contributed by atoms with Crippen LogP contribution >= 0.6 is 0 Å². The van der Waals surface area contributed by atoms with Gasteiger partial charge in [0.15, 0.2) is 5.52 Å². The molecule has 1 amide bonds. The van der Waals surface area contributed by atoms with E-state index in [1.165, 1.54) is 22.5 Å². The number of nitrogens with one attached hydrogen (secondary N) is 1. The van der Waals surface area contributed by atoms with Crippen molar-refractivity contribution in [3.63, 3.8) is 0 Å². The Balaban J connectivity index is 1.40. The first-order chi connectivity index (χ1) is 14.7. The molecule has 0 saturated carbocycles. The van der Waals surface area contributed by atoms with E-state index in [0.29, 0.717) is 5.52 Å². The van der Waals surface area contributed by atoms with Gasteiger partial charge in [-0.15, -0.1) is 0 Å². The minimum atomic E-state index is -4.45. The highest BCUT2D eigenvalue weighted by Gasteiger charge is 2.34. The molecule has 0 spiro atoms. The predicted molar refractivity (Wildman–Crippen MR) is 103 cm³/mol. The summed E-state index contributed by atoms with van der Waals surface area (Å²) in [4.78, 5) is 12.5. The van der Waals surface area contributed by atoms with Crippen LogP contribution in [0.25, 0.3) is 11.0 Å². The van der Waals surface area contributed by atoms with Crippen molar-refractivity contribution in [2.24, 2.45) is 5.92 Å². The lowest BCUT2D eigenvalue weighted by Crippen LogP contribution is -2.41. The van der Waals surface area contributed by atoms with E-state index < -0.39 is 27.7 Å². The average molecular weight is 454 g/mol. The van der Waals surface area contributed by atoms with Gasteiger partial charge in [-0.25, -0.2) is 13.0 Å². The highest BCUT2D eigenvalue weighted by molar-refractivity contribution is 7.89. The molecule has 2 aromatic carbocycles. The molecule has 3 aromatic rings. The van der Waals surface area contributed by atoms with E-state index in [1.807, 2.05) is 0 Å². The standard InChI is InChI=1S/C19H17F3N4O4S/c20-19(21,22)13-4-6-14(7-5-13)23-18(27)12-8-10-26(11-9-12)31(28,29)16-3-1-2-15-17(16)25-30-24-15/h1-7,12H,8-11H2,(H,23,27). The largest absolute Gasteiger partial charge is 0.416 e. The molecule has 0 bridgehead atoms. The number of piperidine rings is 1. The van der Waals surface area contributed by atoms with Crippen LogP contribution in [0.2, 0.25) is 0 Å². The Morgan fingerprint density at radius 1 is 1.06 bits per heavy atom. The van der Waals surface area contributed by atoms with Gasteiger partial charge in [-0.1, -0.05) is 6.07 Å². The molecule has 1 aliphatic heterocycles. The molecule has 0 aliphatic carbocycles. The molecule has 2 heterocycles. The Morgan fingerprint density at radius 2 is 1.74 bits per heavy atom. The molecule has 31 heavy (non-hydrogen) atoms. The van der Waals surface area contributed by atoms with Gasteiger partial charge in [-0.3, -0.25) is 4.79 Å². The summed E-state index contributed by atoms with van der Waals surface area (Å²) in [6.45, 7) is 0.240. The Kier molecular flexibility index (Phi) is 5.43. The summed E-state index contributed by atoms with van der Waals surface area (Å²) in [6, 6.07) is 8.71. The number of carbonyl (C=O) groups excluding carboxylic acids is 1. The van der Waals surface area contributed by atoms with Crippen molar-refractivity contribution in [3.05, 3.63) is 48.0 Å². The smallest absolute Gasteiger partial charge is 0.326 e. The van der Waals surface area contributed by atoms with Gasteiger partial charge >= 0.3 is 6.18 Å². The number of fused-ring (bicyclic) bond motifs is 1. The van der Waals surface area contributed by atoms with Gasteiger partial charge < -0.3 is 5.32 Å². The Labute approximate surface area is 175 Å². The van der Waals surface area contributed by atoms with Gasteiger partial charge in [0.2, 0.25) is 15.9 Å². The van der Waals surface area contributed by atoms with Crippen LogP contribution in [-0.4, -0.2) is 42.0 Å². The molecule has 0 radical (unpaired) electrons. The third-order valence-electron chi connectivity index (χ3n) is 5.17. The normalized spacial score (nSPS) is 16.5. The summed E-state index contributed by atoms with van der Waals surface area (Å²) in [5.74, 6) is -0.821. The first-order valence-electron chi connectivity index (χ1n) is 9.36. The predicted octanol–water partition coefficient (Wildman–Crippen LogP) is 3.28. The number of hydrogen-bond donors (Lipinski definition) is 1. The molecule has 0 atom stereocenters. The fourth-order valence-electron chi connectivity index (χ4n) is 3.47. The maximum atomic E-state index is 13.0. The summed E-state index contributed by atoms with van der Waals surface area (Å²) < 4.78 is 69.8. The molecule has 1 saturated heterocycles. The van der Waals surface area contributed by atoms with Crippen molar-refractivity contribution in [1.82, 2.24) is 14.6 Å². The summed E-state index contributed by atoms with van der Waals surface area (Å²) in [5.41, 5.74) is -0.0869. The van der Waals surface area contributed by atoms with Gasteiger partial charge in [0.05, 0.1) is 5.56 Å². The topological polar surface area (TPSA) is 105 Å². The van der Waals surface area contributed by atoms with E-state index in [4.69, 9.17) is 0 Å². The molecule has 1 fully saturated rings. The molecule has 164 valence electrons. The second-order valence-electron chi connectivity index (χ2n) is 7.13. The van der Waals surface area contributed by atoms with Crippen molar-refractivity contribution in [2.45, 2.75) is 23.9 Å². The van der Waals surface area contributed by atoms with Crippen LogP contribution in [0.5, 0.6) is 0 Å². The lowest BCUT2D eigenvalue weighted by molar-refractivity contribution is -0.137. The maximum absolute atomic E-state index is 13.0. The lowest BCUT2D eigenvalue weighted by atomic mass is 9.97. The molecule has 1 aromatic heterocycles. The molecule has 8 nitrogen and oxygen atoms in total. The number of rotatable bonds is 4. The van der Waals surface area contributed by atoms with E-state index in [-0.39, 0.29) is 47.9 Å². The van der Waals surface area contributed by atoms with Gasteiger partial charge in [0.1, 0.15) is 10.4 Å². The monoisotopic (exact) mass is 454 g/mol. The van der Waals surface area contributed by atoms with E-state index in [1.54, 1.807) is 12.1 Å². The van der Waals surface area contributed by atoms with Crippen LogP contribution in [0.15, 0.2) is 52.0 Å². The number of halogens is 3. The fraction of sp³-hybridized carbons (Fsp3) is 0.316. The minimum absolute atomic E-state index is 0.0149. The highest BCUT2D eigenvalue weighted by Crippen LogP contribution is 2.31. The third-order valence-corrected chi connectivity index (χ3v) is 7.10. The van der Waals surface area contributed by atoms with Gasteiger partial charge in [0.25, 0.3) is 0 Å².